The Hall–Kier alpha value is -0.920. The van der Waals surface area contributed by atoms with Crippen molar-refractivity contribution in [1.82, 2.24) is 0 Å². The molecule has 0 bridgehead atoms. The van der Waals surface area contributed by atoms with Gasteiger partial charge >= 0.3 is 0 Å². The molecule has 92 valence electrons. The Bertz CT molecular complexity index is 266. The topological polar surface area (TPSA) is 24.7 Å². The molecule has 0 heterocycles. The molecule has 0 spiro atoms. The summed E-state index contributed by atoms with van der Waals surface area (Å²) in [6, 6.07) is 0. The lowest BCUT2D eigenvalue weighted by Crippen LogP contribution is -2.23. The lowest BCUT2D eigenvalue weighted by molar-refractivity contribution is 0.483. The van der Waals surface area contributed by atoms with Gasteiger partial charge in [-0.2, -0.15) is 10.2 Å². The number of azo groups is 1. The molecule has 0 aromatic carbocycles. The van der Waals surface area contributed by atoms with E-state index in [1.54, 1.807) is 0 Å². The normalized spacial score (nSPS) is 13.1. The third-order valence-electron chi connectivity index (χ3n) is 3.13. The van der Waals surface area contributed by atoms with Gasteiger partial charge in [-0.1, -0.05) is 27.0 Å². The molecule has 0 N–H and O–H groups in total. The van der Waals surface area contributed by atoms with Crippen molar-refractivity contribution in [3.05, 3.63) is 24.3 Å². The quantitative estimate of drug-likeness (QED) is 0.450. The monoisotopic (exact) mass is 222 g/mol. The van der Waals surface area contributed by atoms with Crippen LogP contribution in [0.25, 0.3) is 0 Å². The van der Waals surface area contributed by atoms with Crippen molar-refractivity contribution in [2.75, 3.05) is 0 Å². The molecule has 0 amide bonds. The standard InChI is InChI=1S/C14H26N2/c1-9-11(3)13(5,6)15-16-14(7,8)12(4)10-2/h3-4,9-10H2,1-2,5-8H3. The van der Waals surface area contributed by atoms with Crippen LogP contribution in [0.3, 0.4) is 0 Å². The fourth-order valence-electron chi connectivity index (χ4n) is 1.26. The Morgan fingerprint density at radius 2 is 1.06 bits per heavy atom. The first-order valence-corrected chi connectivity index (χ1v) is 5.98. The third kappa shape index (κ3) is 3.92. The Morgan fingerprint density at radius 3 is 1.25 bits per heavy atom. The van der Waals surface area contributed by atoms with Crippen molar-refractivity contribution in [2.45, 2.75) is 65.5 Å². The summed E-state index contributed by atoms with van der Waals surface area (Å²) in [7, 11) is 0. The van der Waals surface area contributed by atoms with Crippen molar-refractivity contribution < 1.29 is 0 Å². The molecule has 0 atom stereocenters. The molecule has 0 aromatic heterocycles. The molecule has 0 unspecified atom stereocenters. The average Bonchev–Trinajstić information content (AvgIpc) is 2.24. The minimum atomic E-state index is -0.278. The first-order valence-electron chi connectivity index (χ1n) is 5.98. The van der Waals surface area contributed by atoms with Gasteiger partial charge in [0, 0.05) is 0 Å². The van der Waals surface area contributed by atoms with Gasteiger partial charge in [0.05, 0.1) is 11.1 Å². The molecule has 0 aliphatic carbocycles. The number of hydrogen-bond donors (Lipinski definition) is 0. The van der Waals surface area contributed by atoms with Crippen molar-refractivity contribution in [1.29, 1.82) is 0 Å². The summed E-state index contributed by atoms with van der Waals surface area (Å²) >= 11 is 0. The zero-order valence-corrected chi connectivity index (χ0v) is 11.7. The number of rotatable bonds is 6. The van der Waals surface area contributed by atoms with Crippen LogP contribution in [0.5, 0.6) is 0 Å². The van der Waals surface area contributed by atoms with Gasteiger partial charge in [0.2, 0.25) is 0 Å². The minimum absolute atomic E-state index is 0.278. The lowest BCUT2D eigenvalue weighted by Gasteiger charge is -2.25. The average molecular weight is 222 g/mol. The van der Waals surface area contributed by atoms with Gasteiger partial charge in [-0.05, 0) is 51.7 Å². The third-order valence-corrected chi connectivity index (χ3v) is 3.13. The van der Waals surface area contributed by atoms with Gasteiger partial charge < -0.3 is 0 Å². The van der Waals surface area contributed by atoms with Crippen LogP contribution >= 0.6 is 0 Å². The van der Waals surface area contributed by atoms with E-state index in [2.05, 4.69) is 37.2 Å². The van der Waals surface area contributed by atoms with Crippen LogP contribution < -0.4 is 0 Å². The molecule has 0 saturated carbocycles. The van der Waals surface area contributed by atoms with E-state index in [4.69, 9.17) is 0 Å². The second-order valence-corrected chi connectivity index (χ2v) is 5.23. The van der Waals surface area contributed by atoms with E-state index in [0.717, 1.165) is 24.0 Å². The molecule has 2 nitrogen and oxygen atoms in total. The highest BCUT2D eigenvalue weighted by molar-refractivity contribution is 5.15. The van der Waals surface area contributed by atoms with Crippen LogP contribution in [-0.4, -0.2) is 11.1 Å². The zero-order chi connectivity index (χ0) is 13.0. The summed E-state index contributed by atoms with van der Waals surface area (Å²) in [6.45, 7) is 20.4. The molecule has 2 heteroatoms. The highest BCUT2D eigenvalue weighted by atomic mass is 15.2. The van der Waals surface area contributed by atoms with Crippen LogP contribution in [0, 0.1) is 0 Å². The van der Waals surface area contributed by atoms with Gasteiger partial charge in [0.1, 0.15) is 0 Å². The molecule has 0 aliphatic rings. The smallest absolute Gasteiger partial charge is 0.0966 e. The molecule has 0 aromatic rings. The Kier molecular flexibility index (Phi) is 5.11. The van der Waals surface area contributed by atoms with Crippen molar-refractivity contribution in [2.24, 2.45) is 10.2 Å². The predicted molar refractivity (Wildman–Crippen MR) is 71.9 cm³/mol. The van der Waals surface area contributed by atoms with Gasteiger partial charge in [-0.3, -0.25) is 0 Å². The van der Waals surface area contributed by atoms with Crippen molar-refractivity contribution in [3.8, 4) is 0 Å². The van der Waals surface area contributed by atoms with E-state index in [-0.39, 0.29) is 11.1 Å². The fourth-order valence-corrected chi connectivity index (χ4v) is 1.26. The summed E-state index contributed by atoms with van der Waals surface area (Å²) in [5.41, 5.74) is 1.66. The van der Waals surface area contributed by atoms with Crippen LogP contribution in [0.15, 0.2) is 34.5 Å². The highest BCUT2D eigenvalue weighted by Crippen LogP contribution is 2.27. The Morgan fingerprint density at radius 1 is 0.812 bits per heavy atom. The molecular weight excluding hydrogens is 196 g/mol. The summed E-state index contributed by atoms with van der Waals surface area (Å²) in [4.78, 5) is 0. The molecule has 0 radical (unpaired) electrons. The first-order chi connectivity index (χ1) is 7.17. The van der Waals surface area contributed by atoms with E-state index in [0.29, 0.717) is 0 Å². The lowest BCUT2D eigenvalue weighted by atomic mass is 9.93. The van der Waals surface area contributed by atoms with Crippen molar-refractivity contribution >= 4 is 0 Å². The predicted octanol–water partition coefficient (Wildman–Crippen LogP) is 4.93. The summed E-state index contributed by atoms with van der Waals surface area (Å²) in [5.74, 6) is 0. The van der Waals surface area contributed by atoms with E-state index in [1.807, 2.05) is 27.7 Å². The largest absolute Gasteiger partial charge is 0.183 e. The van der Waals surface area contributed by atoms with Gasteiger partial charge in [-0.25, -0.2) is 0 Å². The maximum Gasteiger partial charge on any atom is 0.0966 e. The SMILES string of the molecule is C=C(CC)C(C)(C)N=NC(C)(C)C(=C)CC. The maximum absolute atomic E-state index is 4.43. The second-order valence-electron chi connectivity index (χ2n) is 5.23. The molecule has 0 rings (SSSR count). The Balaban J connectivity index is 4.84. The molecule has 0 saturated heterocycles. The molecule has 0 aliphatic heterocycles. The summed E-state index contributed by atoms with van der Waals surface area (Å²) in [5, 5.41) is 8.86. The molecular formula is C14H26N2. The van der Waals surface area contributed by atoms with Crippen LogP contribution in [0.1, 0.15) is 54.4 Å². The maximum atomic E-state index is 4.43. The zero-order valence-electron chi connectivity index (χ0n) is 11.7. The number of nitrogens with zero attached hydrogens (tertiary/aromatic N) is 2. The van der Waals surface area contributed by atoms with Gasteiger partial charge in [-0.15, -0.1) is 0 Å². The summed E-state index contributed by atoms with van der Waals surface area (Å²) < 4.78 is 0. The molecule has 0 fully saturated rings. The van der Waals surface area contributed by atoms with Gasteiger partial charge in [0.25, 0.3) is 0 Å². The fraction of sp³-hybridized carbons (Fsp3) is 0.714. The molecule has 16 heavy (non-hydrogen) atoms. The van der Waals surface area contributed by atoms with E-state index >= 15 is 0 Å². The van der Waals surface area contributed by atoms with Crippen molar-refractivity contribution in [3.63, 3.8) is 0 Å². The van der Waals surface area contributed by atoms with Crippen LogP contribution in [-0.2, 0) is 0 Å². The first kappa shape index (κ1) is 15.1. The highest BCUT2D eigenvalue weighted by Gasteiger charge is 2.24. The van der Waals surface area contributed by atoms with Crippen LogP contribution in [0.2, 0.25) is 0 Å². The van der Waals surface area contributed by atoms with E-state index in [9.17, 15) is 0 Å². The van der Waals surface area contributed by atoms with E-state index in [1.165, 1.54) is 0 Å². The Labute approximate surface area is 101 Å². The van der Waals surface area contributed by atoms with E-state index < -0.39 is 0 Å². The van der Waals surface area contributed by atoms with Crippen LogP contribution in [0.4, 0.5) is 0 Å². The van der Waals surface area contributed by atoms with Gasteiger partial charge in [0.15, 0.2) is 0 Å². The summed E-state index contributed by atoms with van der Waals surface area (Å²) in [6.07, 6.45) is 1.86. The second kappa shape index (κ2) is 5.42. The minimum Gasteiger partial charge on any atom is -0.183 e. The number of hydrogen-bond acceptors (Lipinski definition) is 2.